The maximum atomic E-state index is 10.9. The highest BCUT2D eigenvalue weighted by atomic mass is 16.6. The fourth-order valence-electron chi connectivity index (χ4n) is 1.99. The lowest BCUT2D eigenvalue weighted by molar-refractivity contribution is -0.384. The van der Waals surface area contributed by atoms with Crippen LogP contribution in [0.15, 0.2) is 18.2 Å². The molecule has 7 heteroatoms. The molecule has 7 nitrogen and oxygen atoms in total. The molecule has 1 aromatic carbocycles. The van der Waals surface area contributed by atoms with Crippen molar-refractivity contribution in [1.29, 1.82) is 0 Å². The van der Waals surface area contributed by atoms with Crippen molar-refractivity contribution >= 4 is 17.7 Å². The molecule has 1 fully saturated rings. The van der Waals surface area contributed by atoms with Crippen LogP contribution >= 0.6 is 0 Å². The molecule has 0 saturated carbocycles. The van der Waals surface area contributed by atoms with Gasteiger partial charge in [-0.05, 0) is 12.1 Å². The summed E-state index contributed by atoms with van der Waals surface area (Å²) in [5.41, 5.74) is 0.299. The topological polar surface area (TPSA) is 104 Å². The molecule has 2 rings (SSSR count). The van der Waals surface area contributed by atoms with E-state index in [2.05, 4.69) is 0 Å². The van der Waals surface area contributed by atoms with Crippen molar-refractivity contribution in [1.82, 2.24) is 0 Å². The largest absolute Gasteiger partial charge is 0.389 e. The maximum Gasteiger partial charge on any atom is 0.293 e. The summed E-state index contributed by atoms with van der Waals surface area (Å²) in [6.07, 6.45) is -1.31. The number of rotatable bonds is 3. The second-order valence-electron chi connectivity index (χ2n) is 4.16. The lowest BCUT2D eigenvalue weighted by Gasteiger charge is -2.17. The van der Waals surface area contributed by atoms with Crippen LogP contribution in [0.1, 0.15) is 10.4 Å². The molecule has 2 N–H and O–H groups in total. The van der Waals surface area contributed by atoms with Crippen LogP contribution in [-0.4, -0.2) is 46.7 Å². The van der Waals surface area contributed by atoms with Crippen molar-refractivity contribution in [2.24, 2.45) is 0 Å². The summed E-state index contributed by atoms with van der Waals surface area (Å²) in [5, 5.41) is 29.8. The van der Waals surface area contributed by atoms with Gasteiger partial charge in [-0.1, -0.05) is 0 Å². The average Bonchev–Trinajstić information content (AvgIpc) is 2.68. The van der Waals surface area contributed by atoms with Gasteiger partial charge in [0.2, 0.25) is 0 Å². The molecule has 1 saturated heterocycles. The van der Waals surface area contributed by atoms with Gasteiger partial charge in [0.25, 0.3) is 5.69 Å². The number of nitro groups is 1. The lowest BCUT2D eigenvalue weighted by Crippen LogP contribution is -2.22. The Hall–Kier alpha value is -1.99. The Balaban J connectivity index is 2.38. The van der Waals surface area contributed by atoms with E-state index in [0.29, 0.717) is 12.0 Å². The molecule has 0 aromatic heterocycles. The summed E-state index contributed by atoms with van der Waals surface area (Å²) in [7, 11) is 0. The van der Waals surface area contributed by atoms with Crippen molar-refractivity contribution in [3.63, 3.8) is 0 Å². The number of carbonyl (C=O) groups excluding carboxylic acids is 1. The van der Waals surface area contributed by atoms with Gasteiger partial charge in [0, 0.05) is 24.7 Å². The molecule has 2 atom stereocenters. The van der Waals surface area contributed by atoms with E-state index >= 15 is 0 Å². The quantitative estimate of drug-likeness (QED) is 0.444. The van der Waals surface area contributed by atoms with Crippen molar-refractivity contribution in [2.45, 2.75) is 12.2 Å². The number of aldehydes is 1. The second kappa shape index (κ2) is 4.71. The first-order chi connectivity index (χ1) is 8.52. The molecular weight excluding hydrogens is 240 g/mol. The fourth-order valence-corrected chi connectivity index (χ4v) is 1.99. The van der Waals surface area contributed by atoms with Crippen LogP contribution in [0.4, 0.5) is 11.4 Å². The third-order valence-electron chi connectivity index (χ3n) is 2.93. The predicted octanol–water partition coefficient (Wildman–Crippen LogP) is -0.0509. The van der Waals surface area contributed by atoms with Crippen molar-refractivity contribution in [3.05, 3.63) is 33.9 Å². The first-order valence-corrected chi connectivity index (χ1v) is 5.37. The Labute approximate surface area is 102 Å². The van der Waals surface area contributed by atoms with Crippen molar-refractivity contribution in [2.75, 3.05) is 18.0 Å². The van der Waals surface area contributed by atoms with E-state index in [9.17, 15) is 25.1 Å². The molecule has 18 heavy (non-hydrogen) atoms. The van der Waals surface area contributed by atoms with E-state index in [1.165, 1.54) is 23.1 Å². The Morgan fingerprint density at radius 2 is 1.94 bits per heavy atom. The second-order valence-corrected chi connectivity index (χ2v) is 4.16. The van der Waals surface area contributed by atoms with E-state index < -0.39 is 17.1 Å². The predicted molar refractivity (Wildman–Crippen MR) is 62.7 cm³/mol. The van der Waals surface area contributed by atoms with Crippen LogP contribution in [0.5, 0.6) is 0 Å². The van der Waals surface area contributed by atoms with Gasteiger partial charge in [-0.2, -0.15) is 0 Å². The van der Waals surface area contributed by atoms with Crippen LogP contribution < -0.4 is 4.90 Å². The number of nitrogens with zero attached hydrogens (tertiary/aromatic N) is 2. The Morgan fingerprint density at radius 3 is 2.44 bits per heavy atom. The molecule has 0 radical (unpaired) electrons. The number of β-amino-alcohol motifs (C(OH)–C–C–N with tert-alkyl or cyclic N) is 2. The Morgan fingerprint density at radius 1 is 1.33 bits per heavy atom. The van der Waals surface area contributed by atoms with Crippen LogP contribution in [-0.2, 0) is 0 Å². The van der Waals surface area contributed by atoms with E-state index in [1.807, 2.05) is 0 Å². The van der Waals surface area contributed by atoms with Gasteiger partial charge in [0.15, 0.2) is 0 Å². The summed E-state index contributed by atoms with van der Waals surface area (Å²) in [6, 6.07) is 4.10. The minimum atomic E-state index is -0.921. The number of carbonyl (C=O) groups is 1. The number of aliphatic hydroxyl groups excluding tert-OH is 2. The standard InChI is InChI=1S/C11H12N2O5/c14-6-7-1-2-8(9(3-7)13(17)18)12-4-10(15)11(16)5-12/h1-3,6,10-11,15-16H,4-5H2. The van der Waals surface area contributed by atoms with Gasteiger partial charge >= 0.3 is 0 Å². The van der Waals surface area contributed by atoms with Crippen LogP contribution in [0.3, 0.4) is 0 Å². The van der Waals surface area contributed by atoms with E-state index in [-0.39, 0.29) is 24.3 Å². The highest BCUT2D eigenvalue weighted by Gasteiger charge is 2.32. The first kappa shape index (κ1) is 12.5. The molecule has 0 aliphatic carbocycles. The van der Waals surface area contributed by atoms with E-state index in [0.717, 1.165) is 0 Å². The molecule has 1 aromatic rings. The van der Waals surface area contributed by atoms with Crippen molar-refractivity contribution in [3.8, 4) is 0 Å². The third kappa shape index (κ3) is 2.18. The van der Waals surface area contributed by atoms with Crippen molar-refractivity contribution < 1.29 is 19.9 Å². The smallest absolute Gasteiger partial charge is 0.293 e. The SMILES string of the molecule is O=Cc1ccc(N2CC(O)C(O)C2)c([N+](=O)[O-])c1. The van der Waals surface area contributed by atoms with Gasteiger partial charge in [0.1, 0.15) is 12.0 Å². The summed E-state index contributed by atoms with van der Waals surface area (Å²) in [4.78, 5) is 22.5. The fraction of sp³-hybridized carbons (Fsp3) is 0.364. The summed E-state index contributed by atoms with van der Waals surface area (Å²) >= 11 is 0. The molecule has 0 bridgehead atoms. The number of benzene rings is 1. The number of hydrogen-bond acceptors (Lipinski definition) is 6. The minimum absolute atomic E-state index is 0.127. The molecular formula is C11H12N2O5. The van der Waals surface area contributed by atoms with Crippen LogP contribution in [0.25, 0.3) is 0 Å². The molecule has 1 heterocycles. The summed E-state index contributed by atoms with van der Waals surface area (Å²) in [5.74, 6) is 0. The lowest BCUT2D eigenvalue weighted by atomic mass is 10.2. The molecule has 1 aliphatic rings. The maximum absolute atomic E-state index is 10.9. The Kier molecular flexibility index (Phi) is 3.26. The monoisotopic (exact) mass is 252 g/mol. The molecule has 0 spiro atoms. The first-order valence-electron chi connectivity index (χ1n) is 5.37. The van der Waals surface area contributed by atoms with Gasteiger partial charge < -0.3 is 15.1 Å². The number of aliphatic hydroxyl groups is 2. The average molecular weight is 252 g/mol. The van der Waals surface area contributed by atoms with Crippen LogP contribution in [0.2, 0.25) is 0 Å². The third-order valence-corrected chi connectivity index (χ3v) is 2.93. The number of anilines is 1. The zero-order chi connectivity index (χ0) is 13.3. The molecule has 96 valence electrons. The van der Waals surface area contributed by atoms with E-state index in [1.54, 1.807) is 0 Å². The summed E-state index contributed by atoms with van der Waals surface area (Å²) in [6.45, 7) is 0.255. The highest BCUT2D eigenvalue weighted by Crippen LogP contribution is 2.31. The number of nitro benzene ring substituents is 1. The normalized spacial score (nSPS) is 23.1. The van der Waals surface area contributed by atoms with Gasteiger partial charge in [-0.3, -0.25) is 14.9 Å². The zero-order valence-corrected chi connectivity index (χ0v) is 9.39. The number of hydrogen-bond donors (Lipinski definition) is 2. The van der Waals surface area contributed by atoms with Crippen LogP contribution in [0, 0.1) is 10.1 Å². The Bertz CT molecular complexity index is 480. The summed E-state index contributed by atoms with van der Waals surface area (Å²) < 4.78 is 0. The zero-order valence-electron chi connectivity index (χ0n) is 9.39. The molecule has 0 amide bonds. The highest BCUT2D eigenvalue weighted by molar-refractivity contribution is 5.79. The minimum Gasteiger partial charge on any atom is -0.389 e. The van der Waals surface area contributed by atoms with Gasteiger partial charge in [-0.15, -0.1) is 0 Å². The van der Waals surface area contributed by atoms with Gasteiger partial charge in [0.05, 0.1) is 17.1 Å². The van der Waals surface area contributed by atoms with Gasteiger partial charge in [-0.25, -0.2) is 0 Å². The van der Waals surface area contributed by atoms with E-state index in [4.69, 9.17) is 0 Å². The molecule has 2 unspecified atom stereocenters. The molecule has 1 aliphatic heterocycles.